The zero-order valence-electron chi connectivity index (χ0n) is 21.6. The van der Waals surface area contributed by atoms with Gasteiger partial charge in [0.25, 0.3) is 0 Å². The highest BCUT2D eigenvalue weighted by molar-refractivity contribution is 6.04. The van der Waals surface area contributed by atoms with Crippen molar-refractivity contribution < 1.29 is 0 Å². The molecule has 5 aromatic carbocycles. The number of aromatic nitrogens is 3. The highest BCUT2D eigenvalue weighted by atomic mass is 14.8. The van der Waals surface area contributed by atoms with Crippen molar-refractivity contribution in [3.05, 3.63) is 140 Å². The van der Waals surface area contributed by atoms with Crippen LogP contribution < -0.4 is 0 Å². The molecule has 3 nitrogen and oxygen atoms in total. The molecule has 0 bridgehead atoms. The fraction of sp³-hybridized carbons (Fsp3) is 0. The van der Waals surface area contributed by atoms with Crippen LogP contribution in [0, 0.1) is 0 Å². The first-order valence-corrected chi connectivity index (χ1v) is 13.4. The first-order chi connectivity index (χ1) is 19.8. The van der Waals surface area contributed by atoms with E-state index in [0.29, 0.717) is 0 Å². The van der Waals surface area contributed by atoms with Gasteiger partial charge in [0.2, 0.25) is 0 Å². The van der Waals surface area contributed by atoms with Crippen molar-refractivity contribution >= 4 is 43.5 Å². The first kappa shape index (κ1) is 22.6. The molecule has 3 heteroatoms. The Bertz CT molecular complexity index is 2220. The minimum absolute atomic E-state index is 0.911. The lowest BCUT2D eigenvalue weighted by Gasteiger charge is -2.10. The third kappa shape index (κ3) is 3.88. The summed E-state index contributed by atoms with van der Waals surface area (Å²) in [7, 11) is 0. The van der Waals surface area contributed by atoms with E-state index in [0.717, 1.165) is 66.5 Å². The Morgan fingerprint density at radius 1 is 0.300 bits per heavy atom. The number of hydrogen-bond donors (Lipinski definition) is 0. The summed E-state index contributed by atoms with van der Waals surface area (Å²) in [5.74, 6) is 0. The second-order valence-corrected chi connectivity index (χ2v) is 10.1. The smallest absolute Gasteiger partial charge is 0.0972 e. The molecule has 8 rings (SSSR count). The van der Waals surface area contributed by atoms with Gasteiger partial charge in [-0.1, -0.05) is 103 Å². The maximum Gasteiger partial charge on any atom is 0.0972 e. The lowest BCUT2D eigenvalue weighted by Crippen LogP contribution is -1.91. The molecule has 3 heterocycles. The van der Waals surface area contributed by atoms with E-state index in [-0.39, 0.29) is 0 Å². The van der Waals surface area contributed by atoms with Crippen molar-refractivity contribution in [3.63, 3.8) is 0 Å². The third-order valence-corrected chi connectivity index (χ3v) is 7.60. The molecule has 0 unspecified atom stereocenters. The number of hydrogen-bond acceptors (Lipinski definition) is 3. The maximum atomic E-state index is 5.14. The molecule has 0 atom stereocenters. The molecule has 186 valence electrons. The van der Waals surface area contributed by atoms with Crippen molar-refractivity contribution in [2.75, 3.05) is 0 Å². The zero-order chi connectivity index (χ0) is 26.5. The molecule has 3 aromatic heterocycles. The van der Waals surface area contributed by atoms with E-state index in [2.05, 4.69) is 121 Å². The normalized spacial score (nSPS) is 11.5. The van der Waals surface area contributed by atoms with Crippen LogP contribution in [0.5, 0.6) is 0 Å². The van der Waals surface area contributed by atoms with Crippen LogP contribution in [0.25, 0.3) is 77.3 Å². The van der Waals surface area contributed by atoms with Gasteiger partial charge in [-0.2, -0.15) is 0 Å². The summed E-state index contributed by atoms with van der Waals surface area (Å²) in [6, 6.07) is 48.5. The van der Waals surface area contributed by atoms with Crippen molar-refractivity contribution in [1.29, 1.82) is 0 Å². The van der Waals surface area contributed by atoms with Crippen molar-refractivity contribution in [3.8, 4) is 33.8 Å². The van der Waals surface area contributed by atoms with E-state index < -0.39 is 0 Å². The average Bonchev–Trinajstić information content (AvgIpc) is 3.03. The predicted molar refractivity (Wildman–Crippen MR) is 166 cm³/mol. The van der Waals surface area contributed by atoms with Gasteiger partial charge in [-0.05, 0) is 47.2 Å². The van der Waals surface area contributed by atoms with Crippen LogP contribution >= 0.6 is 0 Å². The van der Waals surface area contributed by atoms with Crippen molar-refractivity contribution in [1.82, 2.24) is 15.0 Å². The number of fused-ring (bicyclic) bond motifs is 5. The van der Waals surface area contributed by atoms with Crippen molar-refractivity contribution in [2.24, 2.45) is 0 Å². The quantitative estimate of drug-likeness (QED) is 0.176. The molecule has 0 saturated carbocycles. The molecular formula is C37H23N3. The average molecular weight is 510 g/mol. The SMILES string of the molecule is c1ccc(-c2ccc3ccc4ccc(-c5cccc(-c6ccc7cc8ccccc8cc7n6)c5)nc4c3n2)cc1. The molecule has 0 amide bonds. The number of nitrogens with zero attached hydrogens (tertiary/aromatic N) is 3. The Labute approximate surface area is 231 Å². The lowest BCUT2D eigenvalue weighted by molar-refractivity contribution is 1.36. The second kappa shape index (κ2) is 9.11. The lowest BCUT2D eigenvalue weighted by atomic mass is 10.0. The number of pyridine rings is 3. The molecule has 0 aliphatic rings. The summed E-state index contributed by atoms with van der Waals surface area (Å²) in [5.41, 5.74) is 8.86. The maximum absolute atomic E-state index is 5.14. The molecule has 0 aliphatic heterocycles. The summed E-state index contributed by atoms with van der Waals surface area (Å²) < 4.78 is 0. The molecule has 0 radical (unpaired) electrons. The van der Waals surface area contributed by atoms with E-state index >= 15 is 0 Å². The van der Waals surface area contributed by atoms with Gasteiger partial charge < -0.3 is 0 Å². The molecule has 40 heavy (non-hydrogen) atoms. The summed E-state index contributed by atoms with van der Waals surface area (Å²) in [6.07, 6.45) is 0. The monoisotopic (exact) mass is 509 g/mol. The fourth-order valence-electron chi connectivity index (χ4n) is 5.51. The van der Waals surface area contributed by atoms with Crippen LogP contribution in [0.4, 0.5) is 0 Å². The van der Waals surface area contributed by atoms with E-state index in [1.165, 1.54) is 10.8 Å². The highest BCUT2D eigenvalue weighted by Crippen LogP contribution is 2.31. The van der Waals surface area contributed by atoms with Crippen LogP contribution in [-0.4, -0.2) is 15.0 Å². The standard InChI is InChI=1S/C37H23N3/c1-2-7-24(8-3-1)32-18-15-25-13-14-26-16-19-34(40-37(26)36(25)39-32)30-12-6-11-29(22-30)33-20-17-31-21-27-9-4-5-10-28(27)23-35(31)38-33/h1-23H. The van der Waals surface area contributed by atoms with Gasteiger partial charge in [0.15, 0.2) is 0 Å². The van der Waals surface area contributed by atoms with Gasteiger partial charge >= 0.3 is 0 Å². The van der Waals surface area contributed by atoms with Crippen molar-refractivity contribution in [2.45, 2.75) is 0 Å². The van der Waals surface area contributed by atoms with Crippen LogP contribution in [0.1, 0.15) is 0 Å². The molecule has 0 spiro atoms. The summed E-state index contributed by atoms with van der Waals surface area (Å²) in [5, 5.41) is 5.73. The zero-order valence-corrected chi connectivity index (χ0v) is 21.6. The van der Waals surface area contributed by atoms with E-state index in [1.54, 1.807) is 0 Å². The molecule has 0 saturated heterocycles. The van der Waals surface area contributed by atoms with E-state index in [1.807, 2.05) is 18.2 Å². The summed E-state index contributed by atoms with van der Waals surface area (Å²) in [4.78, 5) is 15.2. The second-order valence-electron chi connectivity index (χ2n) is 10.1. The van der Waals surface area contributed by atoms with Crippen LogP contribution in [-0.2, 0) is 0 Å². The van der Waals surface area contributed by atoms with Gasteiger partial charge in [0.05, 0.1) is 33.6 Å². The van der Waals surface area contributed by atoms with Crippen LogP contribution in [0.3, 0.4) is 0 Å². The van der Waals surface area contributed by atoms with Gasteiger partial charge in [-0.15, -0.1) is 0 Å². The minimum Gasteiger partial charge on any atom is -0.248 e. The first-order valence-electron chi connectivity index (χ1n) is 13.4. The topological polar surface area (TPSA) is 38.7 Å². The highest BCUT2D eigenvalue weighted by Gasteiger charge is 2.10. The Hall–Kier alpha value is -5.41. The third-order valence-electron chi connectivity index (χ3n) is 7.60. The van der Waals surface area contributed by atoms with Crippen LogP contribution in [0.2, 0.25) is 0 Å². The number of rotatable bonds is 3. The Balaban J connectivity index is 1.23. The largest absolute Gasteiger partial charge is 0.248 e. The van der Waals surface area contributed by atoms with E-state index in [9.17, 15) is 0 Å². The molecule has 0 aliphatic carbocycles. The van der Waals surface area contributed by atoms with Crippen LogP contribution in [0.15, 0.2) is 140 Å². The summed E-state index contributed by atoms with van der Waals surface area (Å²) >= 11 is 0. The fourth-order valence-corrected chi connectivity index (χ4v) is 5.51. The molecular weight excluding hydrogens is 486 g/mol. The predicted octanol–water partition coefficient (Wildman–Crippen LogP) is 9.49. The molecule has 0 N–H and O–H groups in total. The van der Waals surface area contributed by atoms with Gasteiger partial charge in [-0.3, -0.25) is 0 Å². The Kier molecular flexibility index (Phi) is 5.14. The molecule has 0 fully saturated rings. The summed E-state index contributed by atoms with van der Waals surface area (Å²) in [6.45, 7) is 0. The van der Waals surface area contributed by atoms with Gasteiger partial charge in [-0.25, -0.2) is 15.0 Å². The molecule has 8 aromatic rings. The minimum atomic E-state index is 0.911. The number of benzene rings is 5. The van der Waals surface area contributed by atoms with Gasteiger partial charge in [0.1, 0.15) is 0 Å². The Morgan fingerprint density at radius 2 is 0.800 bits per heavy atom. The van der Waals surface area contributed by atoms with E-state index in [4.69, 9.17) is 15.0 Å². The Morgan fingerprint density at radius 3 is 1.48 bits per heavy atom. The van der Waals surface area contributed by atoms with Gasteiger partial charge in [0, 0.05) is 32.8 Å².